The highest BCUT2D eigenvalue weighted by Crippen LogP contribution is 2.39. The number of esters is 2. The molecule has 2 heterocycles. The molecule has 0 aliphatic carbocycles. The fourth-order valence-electron chi connectivity index (χ4n) is 3.91. The maximum Gasteiger partial charge on any atom is 0.339 e. The zero-order valence-electron chi connectivity index (χ0n) is 18.8. The van der Waals surface area contributed by atoms with Crippen molar-refractivity contribution in [3.8, 4) is 5.75 Å². The lowest BCUT2D eigenvalue weighted by Gasteiger charge is -2.33. The summed E-state index contributed by atoms with van der Waals surface area (Å²) >= 11 is 0. The molecule has 0 bridgehead atoms. The Labute approximate surface area is 184 Å². The van der Waals surface area contributed by atoms with Crippen LogP contribution in [0.2, 0.25) is 0 Å². The van der Waals surface area contributed by atoms with Gasteiger partial charge in [0.2, 0.25) is 0 Å². The Morgan fingerprint density at radius 2 is 1.84 bits per heavy atom. The third-order valence-corrected chi connectivity index (χ3v) is 5.42. The van der Waals surface area contributed by atoms with E-state index in [4.69, 9.17) is 14.2 Å². The Morgan fingerprint density at radius 1 is 1.16 bits per heavy atom. The fraction of sp³-hybridized carbons (Fsp3) is 0.542. The van der Waals surface area contributed by atoms with Gasteiger partial charge in [0.25, 0.3) is 0 Å². The van der Waals surface area contributed by atoms with E-state index in [9.17, 15) is 9.59 Å². The van der Waals surface area contributed by atoms with Crippen LogP contribution in [0.4, 0.5) is 0 Å². The largest absolute Gasteiger partial charge is 0.492 e. The predicted molar refractivity (Wildman–Crippen MR) is 119 cm³/mol. The SMILES string of the molecule is COC(=O)C(c1ccc(OCCN2CCCC2)cc1)C1(C(=O)OC(C)(C)C)C=CC=N1. The molecule has 2 aliphatic heterocycles. The molecule has 1 aromatic carbocycles. The van der Waals surface area contributed by atoms with Crippen LogP contribution in [0, 0.1) is 0 Å². The maximum atomic E-state index is 13.1. The molecule has 7 nitrogen and oxygen atoms in total. The van der Waals surface area contributed by atoms with E-state index in [0.717, 1.165) is 19.6 Å². The number of carbonyl (C=O) groups is 2. The number of benzene rings is 1. The van der Waals surface area contributed by atoms with Gasteiger partial charge in [-0.1, -0.05) is 12.1 Å². The molecule has 0 spiro atoms. The van der Waals surface area contributed by atoms with Crippen molar-refractivity contribution in [3.63, 3.8) is 0 Å². The van der Waals surface area contributed by atoms with Gasteiger partial charge < -0.3 is 14.2 Å². The van der Waals surface area contributed by atoms with Crippen LogP contribution in [0.1, 0.15) is 45.1 Å². The Morgan fingerprint density at radius 3 is 2.39 bits per heavy atom. The minimum absolute atomic E-state index is 0.558. The molecule has 0 saturated carbocycles. The number of aliphatic imine (C=N–C) groups is 1. The third-order valence-electron chi connectivity index (χ3n) is 5.42. The molecule has 0 radical (unpaired) electrons. The molecular formula is C24H32N2O5. The van der Waals surface area contributed by atoms with Crippen molar-refractivity contribution in [1.29, 1.82) is 0 Å². The molecule has 168 valence electrons. The first-order chi connectivity index (χ1) is 14.7. The Balaban J connectivity index is 1.79. The number of carbonyl (C=O) groups excluding carboxylic acids is 2. The molecule has 2 unspecified atom stereocenters. The van der Waals surface area contributed by atoms with E-state index in [1.54, 1.807) is 57.2 Å². The summed E-state index contributed by atoms with van der Waals surface area (Å²) in [5.74, 6) is -1.41. The van der Waals surface area contributed by atoms with Crippen LogP contribution in [0.3, 0.4) is 0 Å². The van der Waals surface area contributed by atoms with E-state index < -0.39 is 29.0 Å². The molecule has 31 heavy (non-hydrogen) atoms. The lowest BCUT2D eigenvalue weighted by Crippen LogP contribution is -2.47. The Hall–Kier alpha value is -2.67. The van der Waals surface area contributed by atoms with Crippen LogP contribution < -0.4 is 4.74 Å². The number of likely N-dealkylation sites (tertiary alicyclic amines) is 1. The van der Waals surface area contributed by atoms with Crippen LogP contribution in [-0.4, -0.2) is 67.5 Å². The summed E-state index contributed by atoms with van der Waals surface area (Å²) in [7, 11) is 1.30. The monoisotopic (exact) mass is 428 g/mol. The minimum Gasteiger partial charge on any atom is -0.492 e. The summed E-state index contributed by atoms with van der Waals surface area (Å²) < 4.78 is 16.5. The highest BCUT2D eigenvalue weighted by atomic mass is 16.6. The maximum absolute atomic E-state index is 13.1. The highest BCUT2D eigenvalue weighted by Gasteiger charge is 2.52. The first-order valence-electron chi connectivity index (χ1n) is 10.7. The van der Waals surface area contributed by atoms with Crippen LogP contribution in [0.5, 0.6) is 5.75 Å². The average Bonchev–Trinajstić information content (AvgIpc) is 3.41. The summed E-state index contributed by atoms with van der Waals surface area (Å²) in [5, 5.41) is 0. The fourth-order valence-corrected chi connectivity index (χ4v) is 3.91. The van der Waals surface area contributed by atoms with Gasteiger partial charge in [0, 0.05) is 12.8 Å². The number of nitrogens with zero attached hydrogens (tertiary/aromatic N) is 2. The molecule has 1 aromatic rings. The predicted octanol–water partition coefficient (Wildman–Crippen LogP) is 3.14. The highest BCUT2D eigenvalue weighted by molar-refractivity contribution is 5.98. The number of hydrogen-bond donors (Lipinski definition) is 0. The zero-order valence-corrected chi connectivity index (χ0v) is 18.8. The quantitative estimate of drug-likeness (QED) is 0.592. The molecule has 2 atom stereocenters. The molecule has 0 amide bonds. The lowest BCUT2D eigenvalue weighted by molar-refractivity contribution is -0.164. The van der Waals surface area contributed by atoms with E-state index in [1.807, 2.05) is 0 Å². The van der Waals surface area contributed by atoms with Crippen molar-refractivity contribution >= 4 is 18.2 Å². The van der Waals surface area contributed by atoms with E-state index in [0.29, 0.717) is 17.9 Å². The van der Waals surface area contributed by atoms with Gasteiger partial charge in [0.15, 0.2) is 5.54 Å². The molecule has 2 aliphatic rings. The first kappa shape index (κ1) is 23.0. The number of rotatable bonds is 8. The second-order valence-corrected chi connectivity index (χ2v) is 8.89. The van der Waals surface area contributed by atoms with Gasteiger partial charge >= 0.3 is 11.9 Å². The molecule has 7 heteroatoms. The standard InChI is InChI=1S/C24H32N2O5/c1-23(2,3)31-22(28)24(12-7-13-25-24)20(21(27)29-4)18-8-10-19(11-9-18)30-17-16-26-14-5-6-15-26/h7-13,20H,5-6,14-17H2,1-4H3. The summed E-state index contributed by atoms with van der Waals surface area (Å²) in [4.78, 5) is 32.7. The lowest BCUT2D eigenvalue weighted by atomic mass is 9.79. The smallest absolute Gasteiger partial charge is 0.339 e. The second kappa shape index (κ2) is 9.64. The number of ether oxygens (including phenoxy) is 3. The van der Waals surface area contributed by atoms with Gasteiger partial charge in [-0.3, -0.25) is 14.7 Å². The van der Waals surface area contributed by atoms with Crippen molar-refractivity contribution in [3.05, 3.63) is 42.0 Å². The number of allylic oxidation sites excluding steroid dienone is 1. The normalized spacial score (nSPS) is 21.8. The van der Waals surface area contributed by atoms with Gasteiger partial charge in [-0.15, -0.1) is 0 Å². The van der Waals surface area contributed by atoms with Gasteiger partial charge in [-0.05, 0) is 76.6 Å². The minimum atomic E-state index is -1.50. The van der Waals surface area contributed by atoms with Gasteiger partial charge in [-0.2, -0.15) is 0 Å². The Kier molecular flexibility index (Phi) is 7.15. The van der Waals surface area contributed by atoms with Crippen molar-refractivity contribution < 1.29 is 23.8 Å². The molecule has 0 aromatic heterocycles. The van der Waals surface area contributed by atoms with Gasteiger partial charge in [0.1, 0.15) is 23.9 Å². The van der Waals surface area contributed by atoms with E-state index >= 15 is 0 Å². The Bertz CT molecular complexity index is 821. The van der Waals surface area contributed by atoms with E-state index in [-0.39, 0.29) is 0 Å². The molecular weight excluding hydrogens is 396 g/mol. The topological polar surface area (TPSA) is 77.4 Å². The average molecular weight is 429 g/mol. The number of hydrogen-bond acceptors (Lipinski definition) is 7. The summed E-state index contributed by atoms with van der Waals surface area (Å²) in [5.41, 5.74) is -1.62. The third kappa shape index (κ3) is 5.53. The second-order valence-electron chi connectivity index (χ2n) is 8.89. The summed E-state index contributed by atoms with van der Waals surface area (Å²) in [6.07, 6.45) is 7.26. The number of methoxy groups -OCH3 is 1. The van der Waals surface area contributed by atoms with Crippen LogP contribution in [0.15, 0.2) is 41.4 Å². The van der Waals surface area contributed by atoms with Gasteiger partial charge in [-0.25, -0.2) is 4.79 Å². The van der Waals surface area contributed by atoms with Crippen molar-refractivity contribution in [1.82, 2.24) is 4.90 Å². The molecule has 0 N–H and O–H groups in total. The molecule has 1 fully saturated rings. The van der Waals surface area contributed by atoms with Crippen LogP contribution in [-0.2, 0) is 19.1 Å². The first-order valence-corrected chi connectivity index (χ1v) is 10.7. The van der Waals surface area contributed by atoms with E-state index in [2.05, 4.69) is 9.89 Å². The molecule has 1 saturated heterocycles. The summed E-state index contributed by atoms with van der Waals surface area (Å²) in [6.45, 7) is 9.10. The van der Waals surface area contributed by atoms with Gasteiger partial charge in [0.05, 0.1) is 7.11 Å². The molecule has 3 rings (SSSR count). The van der Waals surface area contributed by atoms with Crippen molar-refractivity contribution in [2.75, 3.05) is 33.4 Å². The van der Waals surface area contributed by atoms with Crippen molar-refractivity contribution in [2.45, 2.75) is 50.7 Å². The zero-order chi connectivity index (χ0) is 22.5. The van der Waals surface area contributed by atoms with Crippen LogP contribution in [0.25, 0.3) is 0 Å². The van der Waals surface area contributed by atoms with Crippen LogP contribution >= 0.6 is 0 Å². The van der Waals surface area contributed by atoms with E-state index in [1.165, 1.54) is 26.2 Å². The summed E-state index contributed by atoms with van der Waals surface area (Å²) in [6, 6.07) is 7.17. The van der Waals surface area contributed by atoms with Crippen molar-refractivity contribution in [2.24, 2.45) is 4.99 Å².